The van der Waals surface area contributed by atoms with E-state index in [-0.39, 0.29) is 5.92 Å². The highest BCUT2D eigenvalue weighted by Gasteiger charge is 2.29. The molecule has 2 aliphatic rings. The van der Waals surface area contributed by atoms with E-state index < -0.39 is 0 Å². The van der Waals surface area contributed by atoms with Gasteiger partial charge in [0, 0.05) is 32.0 Å². The number of hydrogen-bond acceptors (Lipinski definition) is 4. The molecule has 0 radical (unpaired) electrons. The van der Waals surface area contributed by atoms with E-state index in [9.17, 15) is 0 Å². The number of aromatic nitrogens is 2. The highest BCUT2D eigenvalue weighted by Crippen LogP contribution is 2.33. The van der Waals surface area contributed by atoms with Crippen LogP contribution in [0.25, 0.3) is 0 Å². The molecule has 5 nitrogen and oxygen atoms in total. The molecule has 0 spiro atoms. The Balaban J connectivity index is 1.40. The molecular formula is C22H23N3O2. The van der Waals surface area contributed by atoms with Crippen LogP contribution in [0.5, 0.6) is 11.5 Å². The Labute approximate surface area is 159 Å². The SMILES string of the molecule is COc1ccc(C2CN(Cc3ccc4c(c3)CCO4)Cc3[nH]cnc32)cc1. The van der Waals surface area contributed by atoms with Crippen molar-refractivity contribution in [3.05, 3.63) is 76.9 Å². The largest absolute Gasteiger partial charge is 0.497 e. The second kappa shape index (κ2) is 6.74. The Morgan fingerprint density at radius 3 is 2.96 bits per heavy atom. The van der Waals surface area contributed by atoms with Crippen LogP contribution in [0, 0.1) is 0 Å². The van der Waals surface area contributed by atoms with Crippen LogP contribution < -0.4 is 9.47 Å². The molecular weight excluding hydrogens is 338 g/mol. The Kier molecular flexibility index (Phi) is 4.09. The second-order valence-electron chi connectivity index (χ2n) is 7.30. The third kappa shape index (κ3) is 3.08. The highest BCUT2D eigenvalue weighted by atomic mass is 16.5. The van der Waals surface area contributed by atoms with Gasteiger partial charge in [-0.1, -0.05) is 24.3 Å². The van der Waals surface area contributed by atoms with E-state index in [2.05, 4.69) is 45.2 Å². The summed E-state index contributed by atoms with van der Waals surface area (Å²) in [6, 6.07) is 15.0. The number of imidazole rings is 1. The fraction of sp³-hybridized carbons (Fsp3) is 0.318. The summed E-state index contributed by atoms with van der Waals surface area (Å²) in [7, 11) is 1.70. The zero-order valence-corrected chi connectivity index (χ0v) is 15.4. The summed E-state index contributed by atoms with van der Waals surface area (Å²) < 4.78 is 10.9. The minimum atomic E-state index is 0.267. The van der Waals surface area contributed by atoms with Crippen molar-refractivity contribution in [3.8, 4) is 11.5 Å². The quantitative estimate of drug-likeness (QED) is 0.773. The minimum Gasteiger partial charge on any atom is -0.497 e. The number of rotatable bonds is 4. The lowest BCUT2D eigenvalue weighted by Crippen LogP contribution is -2.33. The molecule has 3 heterocycles. The molecule has 0 bridgehead atoms. The molecule has 0 amide bonds. The van der Waals surface area contributed by atoms with Crippen molar-refractivity contribution in [1.29, 1.82) is 0 Å². The Morgan fingerprint density at radius 2 is 2.11 bits per heavy atom. The van der Waals surface area contributed by atoms with Crippen molar-refractivity contribution in [2.75, 3.05) is 20.3 Å². The zero-order valence-electron chi connectivity index (χ0n) is 15.4. The number of methoxy groups -OCH3 is 1. The van der Waals surface area contributed by atoms with Crippen LogP contribution in [-0.4, -0.2) is 35.1 Å². The van der Waals surface area contributed by atoms with Gasteiger partial charge in [0.05, 0.1) is 31.4 Å². The van der Waals surface area contributed by atoms with Crippen LogP contribution in [-0.2, 0) is 19.5 Å². The summed E-state index contributed by atoms with van der Waals surface area (Å²) in [5.74, 6) is 2.20. The molecule has 3 aromatic rings. The maximum Gasteiger partial charge on any atom is 0.122 e. The van der Waals surface area contributed by atoms with Crippen molar-refractivity contribution >= 4 is 0 Å². The van der Waals surface area contributed by atoms with Crippen LogP contribution >= 0.6 is 0 Å². The lowest BCUT2D eigenvalue weighted by molar-refractivity contribution is 0.227. The molecule has 138 valence electrons. The molecule has 1 aromatic heterocycles. The van der Waals surface area contributed by atoms with E-state index in [1.54, 1.807) is 7.11 Å². The average Bonchev–Trinajstić information content (AvgIpc) is 3.36. The van der Waals surface area contributed by atoms with Crippen molar-refractivity contribution in [1.82, 2.24) is 14.9 Å². The van der Waals surface area contributed by atoms with Crippen LogP contribution in [0.15, 0.2) is 48.8 Å². The predicted octanol–water partition coefficient (Wildman–Crippen LogP) is 3.50. The van der Waals surface area contributed by atoms with Gasteiger partial charge in [0.25, 0.3) is 0 Å². The molecule has 0 saturated heterocycles. The number of hydrogen-bond donors (Lipinski definition) is 1. The van der Waals surface area contributed by atoms with Crippen molar-refractivity contribution in [2.24, 2.45) is 0 Å². The van der Waals surface area contributed by atoms with Gasteiger partial charge in [0.2, 0.25) is 0 Å². The molecule has 0 aliphatic carbocycles. The van der Waals surface area contributed by atoms with E-state index in [0.29, 0.717) is 0 Å². The van der Waals surface area contributed by atoms with Crippen LogP contribution in [0.4, 0.5) is 0 Å². The molecule has 1 unspecified atom stereocenters. The zero-order chi connectivity index (χ0) is 18.2. The highest BCUT2D eigenvalue weighted by molar-refractivity contribution is 5.40. The van der Waals surface area contributed by atoms with Gasteiger partial charge in [-0.15, -0.1) is 0 Å². The summed E-state index contributed by atoms with van der Waals surface area (Å²) in [4.78, 5) is 10.4. The first-order chi connectivity index (χ1) is 13.3. The van der Waals surface area contributed by atoms with E-state index in [1.165, 1.54) is 28.1 Å². The molecule has 1 atom stereocenters. The van der Waals surface area contributed by atoms with Gasteiger partial charge in [-0.2, -0.15) is 0 Å². The lowest BCUT2D eigenvalue weighted by Gasteiger charge is -2.32. The van der Waals surface area contributed by atoms with Crippen LogP contribution in [0.2, 0.25) is 0 Å². The number of ether oxygens (including phenoxy) is 2. The molecule has 0 fully saturated rings. The molecule has 5 rings (SSSR count). The van der Waals surface area contributed by atoms with Gasteiger partial charge >= 0.3 is 0 Å². The normalized spacial score (nSPS) is 18.6. The number of fused-ring (bicyclic) bond motifs is 2. The average molecular weight is 361 g/mol. The van der Waals surface area contributed by atoms with Gasteiger partial charge in [0.15, 0.2) is 0 Å². The van der Waals surface area contributed by atoms with Crippen molar-refractivity contribution in [3.63, 3.8) is 0 Å². The van der Waals surface area contributed by atoms with Crippen molar-refractivity contribution in [2.45, 2.75) is 25.4 Å². The van der Waals surface area contributed by atoms with Crippen LogP contribution in [0.3, 0.4) is 0 Å². The number of H-pyrrole nitrogens is 1. The first-order valence-corrected chi connectivity index (χ1v) is 9.43. The van der Waals surface area contributed by atoms with E-state index in [4.69, 9.17) is 9.47 Å². The number of benzene rings is 2. The second-order valence-corrected chi connectivity index (χ2v) is 7.30. The summed E-state index contributed by atoms with van der Waals surface area (Å²) in [5, 5.41) is 0. The first-order valence-electron chi connectivity index (χ1n) is 9.43. The van der Waals surface area contributed by atoms with E-state index >= 15 is 0 Å². The fourth-order valence-corrected chi connectivity index (χ4v) is 4.21. The maximum absolute atomic E-state index is 5.64. The van der Waals surface area contributed by atoms with Gasteiger partial charge in [-0.05, 0) is 34.9 Å². The Hall–Kier alpha value is -2.79. The van der Waals surface area contributed by atoms with Crippen molar-refractivity contribution < 1.29 is 9.47 Å². The van der Waals surface area contributed by atoms with Gasteiger partial charge in [0.1, 0.15) is 11.5 Å². The smallest absolute Gasteiger partial charge is 0.122 e. The molecule has 2 aliphatic heterocycles. The summed E-state index contributed by atoms with van der Waals surface area (Å²) in [6.45, 7) is 3.59. The van der Waals surface area contributed by atoms with Crippen LogP contribution in [0.1, 0.15) is 34.0 Å². The van der Waals surface area contributed by atoms with E-state index in [0.717, 1.165) is 44.2 Å². The standard InChI is InChI=1S/C22H23N3O2/c1-26-18-5-3-16(4-6-18)19-12-25(13-20-22(19)24-14-23-20)11-15-2-7-21-17(10-15)8-9-27-21/h2-7,10,14,19H,8-9,11-13H2,1H3,(H,23,24). The molecule has 5 heteroatoms. The summed E-state index contributed by atoms with van der Waals surface area (Å²) in [5.41, 5.74) is 6.33. The number of aromatic amines is 1. The maximum atomic E-state index is 5.64. The molecule has 27 heavy (non-hydrogen) atoms. The van der Waals surface area contributed by atoms with Gasteiger partial charge in [-0.25, -0.2) is 4.98 Å². The monoisotopic (exact) mass is 361 g/mol. The molecule has 0 saturated carbocycles. The first kappa shape index (κ1) is 16.4. The Bertz CT molecular complexity index is 948. The summed E-state index contributed by atoms with van der Waals surface area (Å²) >= 11 is 0. The lowest BCUT2D eigenvalue weighted by atomic mass is 9.90. The number of nitrogens with zero attached hydrogens (tertiary/aromatic N) is 2. The minimum absolute atomic E-state index is 0.267. The molecule has 2 aromatic carbocycles. The topological polar surface area (TPSA) is 50.4 Å². The fourth-order valence-electron chi connectivity index (χ4n) is 4.21. The predicted molar refractivity (Wildman–Crippen MR) is 103 cm³/mol. The van der Waals surface area contributed by atoms with Gasteiger partial charge < -0.3 is 14.5 Å². The third-order valence-corrected chi connectivity index (χ3v) is 5.58. The Morgan fingerprint density at radius 1 is 1.22 bits per heavy atom. The van der Waals surface area contributed by atoms with Gasteiger partial charge in [-0.3, -0.25) is 4.90 Å². The third-order valence-electron chi connectivity index (χ3n) is 5.58. The number of nitrogens with one attached hydrogen (secondary N) is 1. The molecule has 1 N–H and O–H groups in total. The summed E-state index contributed by atoms with van der Waals surface area (Å²) in [6.07, 6.45) is 2.83. The van der Waals surface area contributed by atoms with E-state index in [1.807, 2.05) is 18.5 Å².